The van der Waals surface area contributed by atoms with Gasteiger partial charge >= 0.3 is 0 Å². The van der Waals surface area contributed by atoms with Gasteiger partial charge in [-0.05, 0) is 12.1 Å². The highest BCUT2D eigenvalue weighted by Crippen LogP contribution is 2.29. The minimum atomic E-state index is -0.928. The second kappa shape index (κ2) is 4.86. The van der Waals surface area contributed by atoms with Crippen LogP contribution in [0.15, 0.2) is 22.6 Å². The molecule has 2 heterocycles. The Morgan fingerprint density at radius 1 is 1.37 bits per heavy atom. The van der Waals surface area contributed by atoms with Crippen molar-refractivity contribution in [2.45, 2.75) is 18.6 Å². The minimum absolute atomic E-state index is 0.0138. The Hall–Kier alpha value is -1.53. The number of hydrogen-bond donors (Lipinski definition) is 1. The summed E-state index contributed by atoms with van der Waals surface area (Å²) in [6.07, 6.45) is -0.650. The van der Waals surface area contributed by atoms with Crippen molar-refractivity contribution in [3.8, 4) is 11.5 Å². The fourth-order valence-corrected chi connectivity index (χ4v) is 2.21. The maximum atomic E-state index is 13.8. The first kappa shape index (κ1) is 12.5. The summed E-state index contributed by atoms with van der Waals surface area (Å²) in [5.74, 6) is -0.309. The van der Waals surface area contributed by atoms with E-state index in [1.54, 1.807) is 6.07 Å². The van der Waals surface area contributed by atoms with Gasteiger partial charge in [0.25, 0.3) is 5.89 Å². The first-order valence-corrected chi connectivity index (χ1v) is 6.18. The molecular formula is C12H10ClF2N3O. The third-order valence-electron chi connectivity index (χ3n) is 3.00. The van der Waals surface area contributed by atoms with Gasteiger partial charge < -0.3 is 9.73 Å². The lowest BCUT2D eigenvalue weighted by molar-refractivity contribution is 0.347. The summed E-state index contributed by atoms with van der Waals surface area (Å²) in [5.41, 5.74) is 0.140. The Balaban J connectivity index is 1.91. The third kappa shape index (κ3) is 2.33. The Bertz CT molecular complexity index is 604. The smallest absolute Gasteiger partial charge is 0.250 e. The van der Waals surface area contributed by atoms with Crippen molar-refractivity contribution in [3.63, 3.8) is 0 Å². The van der Waals surface area contributed by atoms with Crippen LogP contribution in [0, 0.1) is 5.82 Å². The van der Waals surface area contributed by atoms with Gasteiger partial charge in [-0.2, -0.15) is 0 Å². The van der Waals surface area contributed by atoms with Gasteiger partial charge in [0.1, 0.15) is 6.17 Å². The molecule has 7 heteroatoms. The van der Waals surface area contributed by atoms with Crippen LogP contribution in [-0.4, -0.2) is 22.9 Å². The van der Waals surface area contributed by atoms with Crippen LogP contribution < -0.4 is 5.32 Å². The highest BCUT2D eigenvalue weighted by Gasteiger charge is 2.29. The summed E-state index contributed by atoms with van der Waals surface area (Å²) < 4.78 is 32.3. The van der Waals surface area contributed by atoms with E-state index in [2.05, 4.69) is 15.5 Å². The van der Waals surface area contributed by atoms with Crippen LogP contribution in [0.2, 0.25) is 5.02 Å². The van der Waals surface area contributed by atoms with Crippen molar-refractivity contribution < 1.29 is 13.2 Å². The van der Waals surface area contributed by atoms with E-state index in [-0.39, 0.29) is 41.4 Å². The topological polar surface area (TPSA) is 51.0 Å². The molecule has 0 aliphatic carbocycles. The normalized spacial score (nSPS) is 22.9. The Kier molecular flexibility index (Phi) is 3.20. The zero-order valence-electron chi connectivity index (χ0n) is 9.74. The molecule has 0 saturated carbocycles. The van der Waals surface area contributed by atoms with E-state index in [4.69, 9.17) is 16.0 Å². The first-order valence-electron chi connectivity index (χ1n) is 5.80. The lowest BCUT2D eigenvalue weighted by Gasteiger charge is -2.02. The number of hydrogen-bond acceptors (Lipinski definition) is 4. The van der Waals surface area contributed by atoms with Crippen LogP contribution in [0.4, 0.5) is 8.78 Å². The highest BCUT2D eigenvalue weighted by molar-refractivity contribution is 6.31. The van der Waals surface area contributed by atoms with Crippen molar-refractivity contribution in [1.29, 1.82) is 0 Å². The molecule has 1 N–H and O–H groups in total. The van der Waals surface area contributed by atoms with Gasteiger partial charge in [-0.25, -0.2) is 8.78 Å². The molecule has 0 bridgehead atoms. The molecule has 0 unspecified atom stereocenters. The van der Waals surface area contributed by atoms with Crippen molar-refractivity contribution in [2.24, 2.45) is 0 Å². The van der Waals surface area contributed by atoms with Crippen LogP contribution in [0.3, 0.4) is 0 Å². The van der Waals surface area contributed by atoms with Gasteiger partial charge in [0.05, 0.1) is 16.6 Å². The second-order valence-corrected chi connectivity index (χ2v) is 4.75. The molecule has 0 spiro atoms. The number of aromatic nitrogens is 2. The predicted molar refractivity (Wildman–Crippen MR) is 65.0 cm³/mol. The van der Waals surface area contributed by atoms with Crippen LogP contribution in [0.1, 0.15) is 18.4 Å². The summed E-state index contributed by atoms with van der Waals surface area (Å²) in [6, 6.07) is 4.21. The molecule has 2 atom stereocenters. The van der Waals surface area contributed by atoms with Crippen molar-refractivity contribution in [3.05, 3.63) is 34.9 Å². The molecule has 4 nitrogen and oxygen atoms in total. The molecule has 0 amide bonds. The summed E-state index contributed by atoms with van der Waals surface area (Å²) >= 11 is 5.69. The average Bonchev–Trinajstić information content (AvgIpc) is 3.01. The lowest BCUT2D eigenvalue weighted by atomic mass is 10.2. The van der Waals surface area contributed by atoms with Crippen LogP contribution >= 0.6 is 11.6 Å². The zero-order chi connectivity index (χ0) is 13.4. The monoisotopic (exact) mass is 285 g/mol. The summed E-state index contributed by atoms with van der Waals surface area (Å²) in [4.78, 5) is 0. The zero-order valence-corrected chi connectivity index (χ0v) is 10.5. The van der Waals surface area contributed by atoms with Gasteiger partial charge in [-0.15, -0.1) is 10.2 Å². The number of halogens is 3. The summed E-state index contributed by atoms with van der Waals surface area (Å²) in [7, 11) is 0. The first-order chi connectivity index (χ1) is 9.15. The number of benzene rings is 1. The lowest BCUT2D eigenvalue weighted by Crippen LogP contribution is -2.14. The molecule has 1 aliphatic heterocycles. The van der Waals surface area contributed by atoms with Crippen LogP contribution in [0.5, 0.6) is 0 Å². The molecule has 2 aromatic rings. The van der Waals surface area contributed by atoms with E-state index in [1.165, 1.54) is 12.1 Å². The van der Waals surface area contributed by atoms with Gasteiger partial charge in [0.2, 0.25) is 5.89 Å². The molecule has 1 fully saturated rings. The molecular weight excluding hydrogens is 276 g/mol. The summed E-state index contributed by atoms with van der Waals surface area (Å²) in [5, 5.41) is 10.5. The number of nitrogens with zero attached hydrogens (tertiary/aromatic N) is 2. The van der Waals surface area contributed by atoms with Gasteiger partial charge in [0.15, 0.2) is 5.82 Å². The molecule has 0 radical (unpaired) electrons. The van der Waals surface area contributed by atoms with Gasteiger partial charge in [0, 0.05) is 13.0 Å². The van der Waals surface area contributed by atoms with E-state index in [0.29, 0.717) is 0 Å². The van der Waals surface area contributed by atoms with E-state index in [1.807, 2.05) is 0 Å². The van der Waals surface area contributed by atoms with E-state index in [0.717, 1.165) is 0 Å². The largest absolute Gasteiger partial charge is 0.419 e. The van der Waals surface area contributed by atoms with E-state index >= 15 is 0 Å². The maximum absolute atomic E-state index is 13.8. The Morgan fingerprint density at radius 3 is 2.95 bits per heavy atom. The number of alkyl halides is 1. The molecule has 1 aromatic carbocycles. The SMILES string of the molecule is Fc1c(Cl)cccc1-c1nnc([C@@H]2C[C@@H](F)CN2)o1. The Morgan fingerprint density at radius 2 is 2.21 bits per heavy atom. The van der Waals surface area contributed by atoms with Gasteiger partial charge in [-0.1, -0.05) is 17.7 Å². The molecule has 100 valence electrons. The standard InChI is InChI=1S/C12H10ClF2N3O/c13-8-3-1-2-7(10(8)15)11-17-18-12(19-11)9-4-6(14)5-16-9/h1-3,6,9,16H,4-5H2/t6-,9+/m1/s1. The van der Waals surface area contributed by atoms with Crippen molar-refractivity contribution >= 4 is 11.6 Å². The predicted octanol–water partition coefficient (Wildman–Crippen LogP) is 2.90. The third-order valence-corrected chi connectivity index (χ3v) is 3.29. The fraction of sp³-hybridized carbons (Fsp3) is 0.333. The Labute approximate surface area is 112 Å². The molecule has 1 saturated heterocycles. The highest BCUT2D eigenvalue weighted by atomic mass is 35.5. The number of rotatable bonds is 2. The fourth-order valence-electron chi connectivity index (χ4n) is 2.03. The van der Waals surface area contributed by atoms with Crippen LogP contribution in [0.25, 0.3) is 11.5 Å². The summed E-state index contributed by atoms with van der Waals surface area (Å²) in [6.45, 7) is 0.258. The molecule has 1 aliphatic rings. The second-order valence-electron chi connectivity index (χ2n) is 4.34. The maximum Gasteiger partial charge on any atom is 0.250 e. The molecule has 3 rings (SSSR count). The van der Waals surface area contributed by atoms with E-state index in [9.17, 15) is 8.78 Å². The number of nitrogens with one attached hydrogen (secondary N) is 1. The molecule has 1 aromatic heterocycles. The van der Waals surface area contributed by atoms with Crippen molar-refractivity contribution in [2.75, 3.05) is 6.54 Å². The quantitative estimate of drug-likeness (QED) is 0.922. The van der Waals surface area contributed by atoms with Gasteiger partial charge in [-0.3, -0.25) is 0 Å². The van der Waals surface area contributed by atoms with Crippen LogP contribution in [-0.2, 0) is 0 Å². The average molecular weight is 286 g/mol. The molecule has 19 heavy (non-hydrogen) atoms. The van der Waals surface area contributed by atoms with Crippen molar-refractivity contribution in [1.82, 2.24) is 15.5 Å². The minimum Gasteiger partial charge on any atom is -0.419 e. The van der Waals surface area contributed by atoms with E-state index < -0.39 is 12.0 Å².